The zero-order valence-corrected chi connectivity index (χ0v) is 16.7. The van der Waals surface area contributed by atoms with Gasteiger partial charge in [-0.1, -0.05) is 55.4 Å². The smallest absolute Gasteiger partial charge is 0.264 e. The van der Waals surface area contributed by atoms with E-state index in [0.717, 1.165) is 34.6 Å². The first-order valence-electron chi connectivity index (χ1n) is 10.0. The van der Waals surface area contributed by atoms with E-state index in [1.807, 2.05) is 24.6 Å². The molecule has 5 nitrogen and oxygen atoms in total. The van der Waals surface area contributed by atoms with Gasteiger partial charge in [-0.05, 0) is 38.0 Å². The lowest BCUT2D eigenvalue weighted by Gasteiger charge is -2.13. The molecule has 0 saturated heterocycles. The van der Waals surface area contributed by atoms with Crippen LogP contribution in [0.25, 0.3) is 5.57 Å². The molecule has 0 amide bonds. The van der Waals surface area contributed by atoms with Crippen LogP contribution in [0.2, 0.25) is 0 Å². The van der Waals surface area contributed by atoms with Gasteiger partial charge in [-0.2, -0.15) is 0 Å². The molecule has 0 atom stereocenters. The van der Waals surface area contributed by atoms with E-state index in [1.165, 1.54) is 44.2 Å². The van der Waals surface area contributed by atoms with E-state index in [-0.39, 0.29) is 0 Å². The number of hydrogen-bond donors (Lipinski definition) is 1. The van der Waals surface area contributed by atoms with Gasteiger partial charge in [-0.25, -0.2) is 9.97 Å². The summed E-state index contributed by atoms with van der Waals surface area (Å²) < 4.78 is 2.00. The van der Waals surface area contributed by atoms with Gasteiger partial charge in [0.15, 0.2) is 6.54 Å². The molecule has 2 aliphatic rings. The van der Waals surface area contributed by atoms with Gasteiger partial charge in [0, 0.05) is 22.9 Å². The van der Waals surface area contributed by atoms with Crippen molar-refractivity contribution in [1.29, 1.82) is 0 Å². The van der Waals surface area contributed by atoms with Gasteiger partial charge in [0.1, 0.15) is 0 Å². The van der Waals surface area contributed by atoms with Gasteiger partial charge in [0.2, 0.25) is 11.6 Å². The molecule has 142 valence electrons. The Morgan fingerprint density at radius 2 is 1.81 bits per heavy atom. The molecule has 1 aromatic carbocycles. The molecule has 1 fully saturated rings. The van der Waals surface area contributed by atoms with Gasteiger partial charge >= 0.3 is 0 Å². The Bertz CT molecular complexity index is 851. The fourth-order valence-electron chi connectivity index (χ4n) is 3.65. The first-order chi connectivity index (χ1) is 13.1. The Labute approximate surface area is 162 Å². The van der Waals surface area contributed by atoms with E-state index in [0.29, 0.717) is 5.95 Å². The van der Waals surface area contributed by atoms with E-state index in [9.17, 15) is 0 Å². The van der Waals surface area contributed by atoms with Crippen LogP contribution in [-0.4, -0.2) is 21.2 Å². The number of nitrogens with two attached hydrogens (primary N) is 1. The van der Waals surface area contributed by atoms with Crippen molar-refractivity contribution in [3.05, 3.63) is 47.3 Å². The van der Waals surface area contributed by atoms with Crippen molar-refractivity contribution in [3.63, 3.8) is 0 Å². The molecule has 1 aromatic heterocycles. The van der Waals surface area contributed by atoms with Crippen LogP contribution in [0.3, 0.4) is 0 Å². The predicted octanol–water partition coefficient (Wildman–Crippen LogP) is 5.92. The predicted molar refractivity (Wildman–Crippen MR) is 111 cm³/mol. The molecule has 0 unspecified atom stereocenters. The van der Waals surface area contributed by atoms with E-state index in [2.05, 4.69) is 40.2 Å². The Morgan fingerprint density at radius 1 is 1.15 bits per heavy atom. The number of rotatable bonds is 3. The highest BCUT2D eigenvalue weighted by atomic mass is 15.3. The van der Waals surface area contributed by atoms with Gasteiger partial charge in [0.25, 0.3) is 5.69 Å². The van der Waals surface area contributed by atoms with Gasteiger partial charge < -0.3 is 5.73 Å². The van der Waals surface area contributed by atoms with Crippen molar-refractivity contribution in [2.24, 2.45) is 5.11 Å². The van der Waals surface area contributed by atoms with Crippen molar-refractivity contribution in [2.45, 2.75) is 59.3 Å². The maximum atomic E-state index is 5.64. The maximum Gasteiger partial charge on any atom is 0.264 e. The first-order valence-corrected chi connectivity index (χ1v) is 10.0. The number of anilines is 1. The monoisotopic (exact) mass is 364 g/mol. The summed E-state index contributed by atoms with van der Waals surface area (Å²) in [4.78, 5) is 8.37. The number of nitrogens with zero attached hydrogens (tertiary/aromatic N) is 4. The average molecular weight is 365 g/mol. The van der Waals surface area contributed by atoms with Crippen molar-refractivity contribution in [1.82, 2.24) is 9.97 Å². The SMILES string of the molecule is C/C=C(/c1ccc2c(c1)[N+](CC)=N2)c1cnc(N)nc1C.C1CCCCC1. The standard InChI is InChI=1S/C16H18N5.C6H12/c1-4-12(13-9-18-16(17)19-10(13)3)11-6-7-14-15(8-11)21(5-2)20-14;1-2-4-6-5-3-1/h4,6-9H,5H2,1-3H3,(H2,17,18,19);1-6H2/q+1;/b12-4-;. The molecule has 1 aliphatic heterocycles. The molecule has 27 heavy (non-hydrogen) atoms. The molecule has 2 heterocycles. The van der Waals surface area contributed by atoms with E-state index in [1.54, 1.807) is 6.20 Å². The summed E-state index contributed by atoms with van der Waals surface area (Å²) in [5.41, 5.74) is 12.0. The summed E-state index contributed by atoms with van der Waals surface area (Å²) in [7, 11) is 0. The van der Waals surface area contributed by atoms with Crippen molar-refractivity contribution >= 4 is 22.9 Å². The van der Waals surface area contributed by atoms with Crippen LogP contribution in [-0.2, 0) is 0 Å². The normalized spacial score (nSPS) is 15.8. The van der Waals surface area contributed by atoms with E-state index < -0.39 is 0 Å². The topological polar surface area (TPSA) is 67.2 Å². The summed E-state index contributed by atoms with van der Waals surface area (Å²) >= 11 is 0. The minimum atomic E-state index is 0.305. The Balaban J connectivity index is 0.000000299. The van der Waals surface area contributed by atoms with Crippen molar-refractivity contribution in [3.8, 4) is 0 Å². The number of hydrogen-bond acceptors (Lipinski definition) is 4. The van der Waals surface area contributed by atoms with Crippen LogP contribution < -0.4 is 5.73 Å². The fourth-order valence-corrected chi connectivity index (χ4v) is 3.65. The van der Waals surface area contributed by atoms with Crippen LogP contribution in [0.1, 0.15) is 69.2 Å². The molecule has 0 bridgehead atoms. The highest BCUT2D eigenvalue weighted by molar-refractivity contribution is 5.83. The molecule has 1 aliphatic carbocycles. The summed E-state index contributed by atoms with van der Waals surface area (Å²) in [6.07, 6.45) is 12.9. The van der Waals surface area contributed by atoms with Crippen LogP contribution in [0.4, 0.5) is 17.3 Å². The molecule has 4 rings (SSSR count). The number of allylic oxidation sites excluding steroid dienone is 1. The summed E-state index contributed by atoms with van der Waals surface area (Å²) in [6, 6.07) is 6.30. The fraction of sp³-hybridized carbons (Fsp3) is 0.455. The van der Waals surface area contributed by atoms with E-state index >= 15 is 0 Å². The number of fused-ring (bicyclic) bond motifs is 1. The second-order valence-electron chi connectivity index (χ2n) is 7.07. The molecule has 5 heteroatoms. The van der Waals surface area contributed by atoms with Crippen molar-refractivity contribution < 1.29 is 4.70 Å². The Hall–Kier alpha value is -2.56. The molecule has 0 spiro atoms. The molecular weight excluding hydrogens is 334 g/mol. The minimum absolute atomic E-state index is 0.305. The van der Waals surface area contributed by atoms with Crippen LogP contribution in [0.15, 0.2) is 35.6 Å². The third-order valence-corrected chi connectivity index (χ3v) is 5.17. The minimum Gasteiger partial charge on any atom is -0.368 e. The number of aryl methyl sites for hydroxylation is 1. The lowest BCUT2D eigenvalue weighted by molar-refractivity contribution is -0.521. The van der Waals surface area contributed by atoms with Crippen LogP contribution in [0.5, 0.6) is 0 Å². The highest BCUT2D eigenvalue weighted by Gasteiger charge is 2.27. The van der Waals surface area contributed by atoms with E-state index in [4.69, 9.17) is 5.73 Å². The maximum absolute atomic E-state index is 5.64. The molecular formula is C22H30N5+. The zero-order chi connectivity index (χ0) is 19.2. The summed E-state index contributed by atoms with van der Waals surface area (Å²) in [6.45, 7) is 6.94. The van der Waals surface area contributed by atoms with Gasteiger partial charge in [-0.3, -0.25) is 0 Å². The first kappa shape index (κ1) is 19.2. The quantitative estimate of drug-likeness (QED) is 0.687. The van der Waals surface area contributed by atoms with Gasteiger partial charge in [-0.15, -0.1) is 0 Å². The van der Waals surface area contributed by atoms with Crippen LogP contribution >= 0.6 is 0 Å². The number of aromatic nitrogens is 2. The number of nitrogen functional groups attached to an aromatic ring is 1. The molecule has 2 N–H and O–H groups in total. The summed E-state index contributed by atoms with van der Waals surface area (Å²) in [5, 5.41) is 4.40. The average Bonchev–Trinajstić information content (AvgIpc) is 2.68. The second kappa shape index (κ2) is 8.89. The Kier molecular flexibility index (Phi) is 6.32. The third-order valence-electron chi connectivity index (χ3n) is 5.17. The van der Waals surface area contributed by atoms with Crippen molar-refractivity contribution in [2.75, 3.05) is 12.3 Å². The highest BCUT2D eigenvalue weighted by Crippen LogP contribution is 2.39. The molecule has 1 saturated carbocycles. The Morgan fingerprint density at radius 3 is 2.37 bits per heavy atom. The number of azo groups is 2. The molecule has 0 radical (unpaired) electrons. The second-order valence-corrected chi connectivity index (χ2v) is 7.07. The zero-order valence-electron chi connectivity index (χ0n) is 16.7. The third kappa shape index (κ3) is 4.41. The lowest BCUT2D eigenvalue weighted by Crippen LogP contribution is -2.09. The largest absolute Gasteiger partial charge is 0.368 e. The van der Waals surface area contributed by atoms with Crippen LogP contribution in [0, 0.1) is 6.92 Å². The lowest BCUT2D eigenvalue weighted by atomic mass is 9.96. The summed E-state index contributed by atoms with van der Waals surface area (Å²) in [5.74, 6) is 0.305. The molecule has 2 aromatic rings. The van der Waals surface area contributed by atoms with Gasteiger partial charge in [0.05, 0.1) is 5.69 Å². The number of benzene rings is 1.